The first-order valence-corrected chi connectivity index (χ1v) is 10.3. The van der Waals surface area contributed by atoms with Crippen LogP contribution in [0.5, 0.6) is 5.75 Å². The molecule has 0 bridgehead atoms. The number of nitrogens with one attached hydrogen (secondary N) is 1. The average molecular weight is 425 g/mol. The van der Waals surface area contributed by atoms with Gasteiger partial charge in [0.2, 0.25) is 5.91 Å². The highest BCUT2D eigenvalue weighted by Gasteiger charge is 2.17. The summed E-state index contributed by atoms with van der Waals surface area (Å²) in [6.07, 6.45) is 0. The monoisotopic (exact) mass is 425 g/mol. The summed E-state index contributed by atoms with van der Waals surface area (Å²) in [6.45, 7) is -0.188. The summed E-state index contributed by atoms with van der Waals surface area (Å²) in [7, 11) is 1.59. The van der Waals surface area contributed by atoms with Crippen LogP contribution < -0.4 is 15.6 Å². The Morgan fingerprint density at radius 2 is 1.56 bits per heavy atom. The van der Waals surface area contributed by atoms with Gasteiger partial charge in [0.25, 0.3) is 5.56 Å². The number of carbonyl (C=O) groups is 1. The summed E-state index contributed by atoms with van der Waals surface area (Å²) in [6, 6.07) is 29.6. The molecule has 6 nitrogen and oxygen atoms in total. The molecule has 1 heterocycles. The fourth-order valence-electron chi connectivity index (χ4n) is 3.49. The molecule has 0 atom stereocenters. The number of nitrogens with zero attached hydrogens (tertiary/aromatic N) is 2. The number of amides is 1. The van der Waals surface area contributed by atoms with E-state index in [-0.39, 0.29) is 24.1 Å². The van der Waals surface area contributed by atoms with Crippen LogP contribution in [0.4, 0.5) is 0 Å². The van der Waals surface area contributed by atoms with E-state index in [1.165, 1.54) is 10.7 Å². The molecule has 0 spiro atoms. The molecule has 0 fully saturated rings. The van der Waals surface area contributed by atoms with Gasteiger partial charge in [0.05, 0.1) is 18.8 Å². The first-order chi connectivity index (χ1) is 15.6. The van der Waals surface area contributed by atoms with Crippen molar-refractivity contribution in [2.75, 3.05) is 7.11 Å². The van der Waals surface area contributed by atoms with E-state index in [0.717, 1.165) is 16.7 Å². The van der Waals surface area contributed by atoms with Gasteiger partial charge in [0, 0.05) is 11.6 Å². The number of methoxy groups -OCH3 is 1. The predicted octanol–water partition coefficient (Wildman–Crippen LogP) is 3.82. The van der Waals surface area contributed by atoms with Crippen molar-refractivity contribution < 1.29 is 9.53 Å². The van der Waals surface area contributed by atoms with Gasteiger partial charge in [0.1, 0.15) is 12.3 Å². The van der Waals surface area contributed by atoms with Crippen molar-refractivity contribution in [2.45, 2.75) is 12.6 Å². The number of aromatic nitrogens is 2. The van der Waals surface area contributed by atoms with Crippen molar-refractivity contribution in [1.29, 1.82) is 0 Å². The summed E-state index contributed by atoms with van der Waals surface area (Å²) >= 11 is 0. The van der Waals surface area contributed by atoms with Gasteiger partial charge < -0.3 is 10.1 Å². The van der Waals surface area contributed by atoms with E-state index >= 15 is 0 Å². The van der Waals surface area contributed by atoms with E-state index in [1.54, 1.807) is 13.2 Å². The third kappa shape index (κ3) is 4.92. The molecule has 0 radical (unpaired) electrons. The van der Waals surface area contributed by atoms with E-state index < -0.39 is 0 Å². The molecule has 0 aliphatic rings. The predicted molar refractivity (Wildman–Crippen MR) is 123 cm³/mol. The number of rotatable bonds is 7. The maximum atomic E-state index is 12.9. The van der Waals surface area contributed by atoms with Gasteiger partial charge >= 0.3 is 0 Å². The number of carbonyl (C=O) groups excluding carboxylic acids is 1. The maximum Gasteiger partial charge on any atom is 0.267 e. The van der Waals surface area contributed by atoms with E-state index in [1.807, 2.05) is 84.9 Å². The molecule has 0 aliphatic carbocycles. The molecule has 0 saturated heterocycles. The topological polar surface area (TPSA) is 73.2 Å². The van der Waals surface area contributed by atoms with Crippen molar-refractivity contribution in [2.24, 2.45) is 0 Å². The molecule has 3 aromatic carbocycles. The van der Waals surface area contributed by atoms with Gasteiger partial charge in [-0.05, 0) is 29.3 Å². The molecule has 4 rings (SSSR count). The van der Waals surface area contributed by atoms with Crippen LogP contribution in [0.1, 0.15) is 17.2 Å². The first-order valence-electron chi connectivity index (χ1n) is 10.3. The summed E-state index contributed by atoms with van der Waals surface area (Å²) in [5.74, 6) is 0.383. The lowest BCUT2D eigenvalue weighted by molar-refractivity contribution is -0.122. The van der Waals surface area contributed by atoms with Gasteiger partial charge in [-0.25, -0.2) is 4.68 Å². The van der Waals surface area contributed by atoms with Gasteiger partial charge in [0.15, 0.2) is 0 Å². The van der Waals surface area contributed by atoms with Crippen molar-refractivity contribution >= 4 is 5.91 Å². The van der Waals surface area contributed by atoms with Crippen LogP contribution in [-0.4, -0.2) is 22.8 Å². The van der Waals surface area contributed by atoms with Gasteiger partial charge in [-0.1, -0.05) is 72.8 Å². The zero-order valence-corrected chi connectivity index (χ0v) is 17.6. The largest absolute Gasteiger partial charge is 0.497 e. The Morgan fingerprint density at radius 1 is 0.906 bits per heavy atom. The fourth-order valence-corrected chi connectivity index (χ4v) is 3.49. The summed E-state index contributed by atoms with van der Waals surface area (Å²) < 4.78 is 6.44. The molecule has 6 heteroatoms. The SMILES string of the molecule is COc1cccc(-c2ccc(=O)n(CC(=O)NC(c3ccccc3)c3ccccc3)n2)c1. The average Bonchev–Trinajstić information content (AvgIpc) is 2.85. The van der Waals surface area contributed by atoms with Crippen molar-refractivity contribution in [1.82, 2.24) is 15.1 Å². The van der Waals surface area contributed by atoms with Crippen molar-refractivity contribution in [3.8, 4) is 17.0 Å². The van der Waals surface area contributed by atoms with E-state index in [2.05, 4.69) is 10.4 Å². The molecular weight excluding hydrogens is 402 g/mol. The van der Waals surface area contributed by atoms with Crippen LogP contribution in [0.25, 0.3) is 11.3 Å². The minimum absolute atomic E-state index is 0.188. The molecule has 32 heavy (non-hydrogen) atoms. The van der Waals surface area contributed by atoms with Crippen LogP contribution in [-0.2, 0) is 11.3 Å². The molecule has 0 unspecified atom stereocenters. The molecule has 1 aromatic heterocycles. The van der Waals surface area contributed by atoms with E-state index in [9.17, 15) is 9.59 Å². The van der Waals surface area contributed by atoms with Gasteiger partial charge in [-0.2, -0.15) is 5.10 Å². The lowest BCUT2D eigenvalue weighted by atomic mass is 9.99. The number of hydrogen-bond donors (Lipinski definition) is 1. The third-order valence-electron chi connectivity index (χ3n) is 5.10. The van der Waals surface area contributed by atoms with Crippen LogP contribution in [0, 0.1) is 0 Å². The minimum Gasteiger partial charge on any atom is -0.497 e. The first kappa shape index (κ1) is 21.1. The van der Waals surface area contributed by atoms with Crippen molar-refractivity contribution in [3.05, 3.63) is 119 Å². The maximum absolute atomic E-state index is 12.9. The number of ether oxygens (including phenoxy) is 1. The zero-order chi connectivity index (χ0) is 22.3. The molecular formula is C26H23N3O3. The second-order valence-electron chi connectivity index (χ2n) is 7.27. The van der Waals surface area contributed by atoms with Crippen LogP contribution in [0.15, 0.2) is 102 Å². The molecule has 4 aromatic rings. The lowest BCUT2D eigenvalue weighted by Gasteiger charge is -2.20. The van der Waals surface area contributed by atoms with Crippen LogP contribution in [0.3, 0.4) is 0 Å². The summed E-state index contributed by atoms with van der Waals surface area (Å²) in [5, 5.41) is 7.44. The molecule has 0 aliphatic heterocycles. The number of hydrogen-bond acceptors (Lipinski definition) is 4. The lowest BCUT2D eigenvalue weighted by Crippen LogP contribution is -2.36. The Bertz CT molecular complexity index is 1210. The highest BCUT2D eigenvalue weighted by molar-refractivity contribution is 5.76. The Labute approximate surface area is 186 Å². The molecule has 1 amide bonds. The third-order valence-corrected chi connectivity index (χ3v) is 5.10. The van der Waals surface area contributed by atoms with Crippen LogP contribution in [0.2, 0.25) is 0 Å². The standard InChI is InChI=1S/C26H23N3O3/c1-32-22-14-8-13-21(17-22)23-15-16-25(31)29(28-23)18-24(30)27-26(19-9-4-2-5-10-19)20-11-6-3-7-12-20/h2-17,26H,18H2,1H3,(H,27,30). The summed E-state index contributed by atoms with van der Waals surface area (Å²) in [5.41, 5.74) is 2.95. The minimum atomic E-state index is -0.345. The van der Waals surface area contributed by atoms with Crippen molar-refractivity contribution in [3.63, 3.8) is 0 Å². The van der Waals surface area contributed by atoms with Crippen LogP contribution >= 0.6 is 0 Å². The van der Waals surface area contributed by atoms with E-state index in [4.69, 9.17) is 4.74 Å². The Balaban J connectivity index is 1.58. The second-order valence-corrected chi connectivity index (χ2v) is 7.27. The fraction of sp³-hybridized carbons (Fsp3) is 0.115. The molecule has 1 N–H and O–H groups in total. The zero-order valence-electron chi connectivity index (χ0n) is 17.6. The Hall–Kier alpha value is -4.19. The highest BCUT2D eigenvalue weighted by atomic mass is 16.5. The van der Waals surface area contributed by atoms with Gasteiger partial charge in [-0.15, -0.1) is 0 Å². The quantitative estimate of drug-likeness (QED) is 0.489. The molecule has 0 saturated carbocycles. The Kier molecular flexibility index (Phi) is 6.41. The van der Waals surface area contributed by atoms with Gasteiger partial charge in [-0.3, -0.25) is 9.59 Å². The summed E-state index contributed by atoms with van der Waals surface area (Å²) in [4.78, 5) is 25.3. The Morgan fingerprint density at radius 3 is 2.19 bits per heavy atom. The normalized spacial score (nSPS) is 10.7. The highest BCUT2D eigenvalue weighted by Crippen LogP contribution is 2.22. The smallest absolute Gasteiger partial charge is 0.267 e. The van der Waals surface area contributed by atoms with E-state index in [0.29, 0.717) is 11.4 Å². The molecule has 160 valence electrons. The second kappa shape index (κ2) is 9.75. The number of benzene rings is 3.